The van der Waals surface area contributed by atoms with Gasteiger partial charge in [-0.3, -0.25) is 14.9 Å². The molecule has 5 atom stereocenters. The van der Waals surface area contributed by atoms with Crippen molar-refractivity contribution in [1.29, 1.82) is 0 Å². The predicted molar refractivity (Wildman–Crippen MR) is 104 cm³/mol. The molecule has 3 fully saturated rings. The van der Waals surface area contributed by atoms with Crippen LogP contribution in [0.2, 0.25) is 0 Å². The van der Waals surface area contributed by atoms with Gasteiger partial charge in [-0.1, -0.05) is 38.5 Å². The highest BCUT2D eigenvalue weighted by Gasteiger charge is 2.49. The minimum Gasteiger partial charge on any atom is -0.480 e. The third-order valence-corrected chi connectivity index (χ3v) is 7.09. The van der Waals surface area contributed by atoms with E-state index in [0.29, 0.717) is 18.8 Å². The van der Waals surface area contributed by atoms with E-state index in [1.165, 1.54) is 24.2 Å². The van der Waals surface area contributed by atoms with Crippen LogP contribution >= 0.6 is 0 Å². The molecular weight excluding hydrogens is 360 g/mol. The van der Waals surface area contributed by atoms with Crippen LogP contribution in [-0.4, -0.2) is 57.1 Å². The van der Waals surface area contributed by atoms with Crippen LogP contribution in [0.25, 0.3) is 0 Å². The predicted octanol–water partition coefficient (Wildman–Crippen LogP) is 2.63. The van der Waals surface area contributed by atoms with Crippen LogP contribution in [-0.2, 0) is 14.4 Å². The Labute approximate surface area is 166 Å². The van der Waals surface area contributed by atoms with Crippen LogP contribution in [0, 0.1) is 11.8 Å². The minimum absolute atomic E-state index is 0.0108. The summed E-state index contributed by atoms with van der Waals surface area (Å²) in [7, 11) is 0. The molecular formula is C21H34N2O5. The first-order valence-electron chi connectivity index (χ1n) is 10.9. The average Bonchev–Trinajstić information content (AvgIpc) is 3.26. The minimum atomic E-state index is -0.956. The quantitative estimate of drug-likeness (QED) is 0.584. The van der Waals surface area contributed by atoms with Crippen molar-refractivity contribution in [3.05, 3.63) is 0 Å². The van der Waals surface area contributed by atoms with Crippen LogP contribution in [0.15, 0.2) is 0 Å². The Morgan fingerprint density at radius 2 is 1.75 bits per heavy atom. The van der Waals surface area contributed by atoms with Crippen molar-refractivity contribution in [2.24, 2.45) is 11.8 Å². The lowest BCUT2D eigenvalue weighted by molar-refractivity contribution is -0.151. The smallest absolute Gasteiger partial charge is 0.326 e. The number of carbonyl (C=O) groups excluding carboxylic acids is 1. The van der Waals surface area contributed by atoms with Crippen LogP contribution in [0.1, 0.15) is 77.6 Å². The summed E-state index contributed by atoms with van der Waals surface area (Å²) in [5.41, 5.74) is 0. The molecule has 3 N–H and O–H groups in total. The number of likely N-dealkylation sites (tertiary alicyclic amines) is 1. The fraction of sp³-hybridized carbons (Fsp3) is 0.857. The Hall–Kier alpha value is -1.63. The molecule has 1 aliphatic heterocycles. The highest BCUT2D eigenvalue weighted by atomic mass is 16.4. The van der Waals surface area contributed by atoms with Crippen LogP contribution < -0.4 is 5.32 Å². The molecule has 1 amide bonds. The van der Waals surface area contributed by atoms with Crippen LogP contribution in [0.5, 0.6) is 0 Å². The number of nitrogens with zero attached hydrogens (tertiary/aromatic N) is 1. The number of rotatable bonds is 8. The molecule has 28 heavy (non-hydrogen) atoms. The zero-order chi connectivity index (χ0) is 20.3. The highest BCUT2D eigenvalue weighted by molar-refractivity contribution is 5.88. The lowest BCUT2D eigenvalue weighted by Crippen LogP contribution is -2.55. The normalized spacial score (nSPS) is 30.0. The van der Waals surface area contributed by atoms with Gasteiger partial charge in [0.2, 0.25) is 5.91 Å². The Balaban J connectivity index is 1.60. The van der Waals surface area contributed by atoms with E-state index >= 15 is 0 Å². The number of carboxylic acids is 2. The van der Waals surface area contributed by atoms with Crippen LogP contribution in [0.4, 0.5) is 0 Å². The number of hydrogen-bond acceptors (Lipinski definition) is 4. The van der Waals surface area contributed by atoms with E-state index < -0.39 is 30.1 Å². The summed E-state index contributed by atoms with van der Waals surface area (Å²) in [6, 6.07) is -2.26. The molecule has 0 bridgehead atoms. The number of carbonyl (C=O) groups is 3. The molecule has 0 aromatic carbocycles. The fourth-order valence-electron chi connectivity index (χ4n) is 5.58. The van der Waals surface area contributed by atoms with E-state index in [2.05, 4.69) is 5.32 Å². The third-order valence-electron chi connectivity index (χ3n) is 7.09. The zero-order valence-corrected chi connectivity index (χ0v) is 16.8. The van der Waals surface area contributed by atoms with Gasteiger partial charge in [-0.2, -0.15) is 0 Å². The zero-order valence-electron chi connectivity index (χ0n) is 16.8. The second kappa shape index (κ2) is 9.25. The van der Waals surface area contributed by atoms with Gasteiger partial charge in [-0.05, 0) is 50.9 Å². The standard InChI is InChI=1S/C21H34N2O5/c1-13(22-16(20(25)26)11-10-14-6-3-2-4-7-14)19(24)23-17-9-5-8-15(17)12-18(23)21(27)28/h13-18,22H,2-12H2,1H3,(H,25,26)(H,27,28)/t13-,15?,16?,17?,18?/m0/s1. The number of hydrogen-bond donors (Lipinski definition) is 3. The van der Waals surface area contributed by atoms with Gasteiger partial charge in [0.15, 0.2) is 0 Å². The Bertz CT molecular complexity index is 589. The van der Waals surface area contributed by atoms with Crippen molar-refractivity contribution in [2.75, 3.05) is 0 Å². The van der Waals surface area contributed by atoms with Gasteiger partial charge in [-0.15, -0.1) is 0 Å². The van der Waals surface area contributed by atoms with Gasteiger partial charge >= 0.3 is 11.9 Å². The Morgan fingerprint density at radius 3 is 2.39 bits per heavy atom. The topological polar surface area (TPSA) is 107 Å². The van der Waals surface area contributed by atoms with E-state index in [9.17, 15) is 24.6 Å². The number of aliphatic carboxylic acids is 2. The molecule has 158 valence electrons. The molecule has 0 aromatic rings. The molecule has 1 saturated heterocycles. The largest absolute Gasteiger partial charge is 0.480 e. The van der Waals surface area contributed by atoms with E-state index in [0.717, 1.165) is 38.5 Å². The van der Waals surface area contributed by atoms with Crippen molar-refractivity contribution in [3.8, 4) is 0 Å². The van der Waals surface area contributed by atoms with Gasteiger partial charge in [0.1, 0.15) is 12.1 Å². The van der Waals surface area contributed by atoms with E-state index in [1.807, 2.05) is 0 Å². The lowest BCUT2D eigenvalue weighted by atomic mass is 9.85. The van der Waals surface area contributed by atoms with Crippen LogP contribution in [0.3, 0.4) is 0 Å². The Kier molecular flexibility index (Phi) is 6.96. The Morgan fingerprint density at radius 1 is 1.04 bits per heavy atom. The van der Waals surface area contributed by atoms with E-state index in [4.69, 9.17) is 0 Å². The third kappa shape index (κ3) is 4.67. The molecule has 3 rings (SSSR count). The molecule has 0 aromatic heterocycles. The van der Waals surface area contributed by atoms with Crippen molar-refractivity contribution in [1.82, 2.24) is 10.2 Å². The second-order valence-corrected chi connectivity index (χ2v) is 8.95. The summed E-state index contributed by atoms with van der Waals surface area (Å²) in [6.07, 6.45) is 10.8. The summed E-state index contributed by atoms with van der Waals surface area (Å²) < 4.78 is 0. The maximum absolute atomic E-state index is 13.1. The molecule has 3 aliphatic rings. The maximum atomic E-state index is 13.1. The summed E-state index contributed by atoms with van der Waals surface area (Å²) in [6.45, 7) is 1.67. The van der Waals surface area contributed by atoms with Gasteiger partial charge in [0.05, 0.1) is 6.04 Å². The summed E-state index contributed by atoms with van der Waals surface area (Å²) >= 11 is 0. The van der Waals surface area contributed by atoms with Crippen molar-refractivity contribution < 1.29 is 24.6 Å². The molecule has 7 nitrogen and oxygen atoms in total. The number of carboxylic acid groups (broad SMARTS) is 2. The van der Waals surface area contributed by atoms with Crippen molar-refractivity contribution >= 4 is 17.8 Å². The number of amides is 1. The maximum Gasteiger partial charge on any atom is 0.326 e. The molecule has 2 saturated carbocycles. The first kappa shape index (κ1) is 21.1. The fourth-order valence-corrected chi connectivity index (χ4v) is 5.58. The van der Waals surface area contributed by atoms with E-state index in [1.54, 1.807) is 6.92 Å². The average molecular weight is 395 g/mol. The number of fused-ring (bicyclic) bond motifs is 1. The molecule has 0 spiro atoms. The molecule has 1 heterocycles. The lowest BCUT2D eigenvalue weighted by Gasteiger charge is -2.32. The first-order chi connectivity index (χ1) is 13.4. The summed E-state index contributed by atoms with van der Waals surface area (Å²) in [4.78, 5) is 38.0. The first-order valence-corrected chi connectivity index (χ1v) is 10.9. The van der Waals surface area contributed by atoms with Gasteiger partial charge < -0.3 is 15.1 Å². The van der Waals surface area contributed by atoms with Gasteiger partial charge in [0, 0.05) is 6.04 Å². The monoisotopic (exact) mass is 394 g/mol. The number of nitrogens with one attached hydrogen (secondary N) is 1. The molecule has 7 heteroatoms. The van der Waals surface area contributed by atoms with Crippen molar-refractivity contribution in [3.63, 3.8) is 0 Å². The van der Waals surface area contributed by atoms with Gasteiger partial charge in [0.25, 0.3) is 0 Å². The summed E-state index contributed by atoms with van der Waals surface area (Å²) in [5.74, 6) is -1.32. The molecule has 2 aliphatic carbocycles. The highest BCUT2D eigenvalue weighted by Crippen LogP contribution is 2.41. The molecule has 0 radical (unpaired) electrons. The van der Waals surface area contributed by atoms with Gasteiger partial charge in [-0.25, -0.2) is 4.79 Å². The van der Waals surface area contributed by atoms with Crippen molar-refractivity contribution in [2.45, 2.75) is 102 Å². The van der Waals surface area contributed by atoms with E-state index in [-0.39, 0.29) is 17.9 Å². The SMILES string of the molecule is C[C@H](NC(CCC1CCCCC1)C(=O)O)C(=O)N1C(C(=O)O)CC2CCCC21. The molecule has 4 unspecified atom stereocenters. The summed E-state index contributed by atoms with van der Waals surface area (Å²) in [5, 5.41) is 22.2. The second-order valence-electron chi connectivity index (χ2n) is 8.95.